The molecule has 270 valence electrons. The molecule has 1 aliphatic heterocycles. The first-order valence-corrected chi connectivity index (χ1v) is 23.8. The molecule has 0 atom stereocenters. The molecular weight excluding hydrogens is 716 g/mol. The van der Waals surface area contributed by atoms with Crippen molar-refractivity contribution in [2.45, 2.75) is 116 Å². The summed E-state index contributed by atoms with van der Waals surface area (Å²) in [4.78, 5) is 21.2. The predicted molar refractivity (Wildman–Crippen MR) is 229 cm³/mol. The minimum absolute atomic E-state index is 0.452. The van der Waals surface area contributed by atoms with Crippen LogP contribution in [0.1, 0.15) is 94.2 Å². The Hall–Kier alpha value is -3.67. The van der Waals surface area contributed by atoms with Crippen molar-refractivity contribution in [2.75, 3.05) is 10.6 Å². The molecule has 3 heterocycles. The summed E-state index contributed by atoms with van der Waals surface area (Å²) < 4.78 is 0. The van der Waals surface area contributed by atoms with Crippen molar-refractivity contribution in [2.24, 2.45) is 0 Å². The Labute approximate surface area is 321 Å². The van der Waals surface area contributed by atoms with Crippen LogP contribution in [-0.4, -0.2) is 36.1 Å². The standard InChI is InChI=1S/C42H50Cl2N6Si2/c1-23(2)51(24(3)4,25(5)6)19-17-29-37-38(46-34-16-14-13-15-33(34)45-37)30(18-20-52(26(7)8,27(9)10)28(11)12)40-39(29)49-41-42(50-40)48-36-22-32(44)31(43)21-35(36)47-41/h13-16,21-28H,1-12H3,(H,47,49)(H,48,50). The zero-order chi connectivity index (χ0) is 37.9. The predicted octanol–water partition coefficient (Wildman–Crippen LogP) is 13.0. The van der Waals surface area contributed by atoms with E-state index >= 15 is 0 Å². The van der Waals surface area contributed by atoms with Crippen molar-refractivity contribution in [1.82, 2.24) is 19.9 Å². The van der Waals surface area contributed by atoms with Gasteiger partial charge < -0.3 is 10.6 Å². The molecule has 0 fully saturated rings. The number of hydrogen-bond acceptors (Lipinski definition) is 6. The Morgan fingerprint density at radius 1 is 0.500 bits per heavy atom. The monoisotopic (exact) mass is 764 g/mol. The molecule has 0 bridgehead atoms. The van der Waals surface area contributed by atoms with E-state index in [1.54, 1.807) is 12.1 Å². The second kappa shape index (κ2) is 14.3. The van der Waals surface area contributed by atoms with Gasteiger partial charge in [-0.05, 0) is 57.5 Å². The van der Waals surface area contributed by atoms with E-state index in [-0.39, 0.29) is 0 Å². The topological polar surface area (TPSA) is 75.6 Å². The molecule has 2 N–H and O–H groups in total. The lowest BCUT2D eigenvalue weighted by molar-refractivity contribution is 0.838. The normalized spacial score (nSPS) is 13.1. The number of fused-ring (bicyclic) bond motifs is 5. The van der Waals surface area contributed by atoms with Crippen LogP contribution in [0.15, 0.2) is 36.4 Å². The van der Waals surface area contributed by atoms with Crippen molar-refractivity contribution in [1.29, 1.82) is 0 Å². The Bertz CT molecular complexity index is 2140. The largest absolute Gasteiger partial charge is 0.335 e. The molecule has 0 spiro atoms. The lowest BCUT2D eigenvalue weighted by Gasteiger charge is -2.38. The van der Waals surface area contributed by atoms with Crippen LogP contribution in [0.25, 0.3) is 33.1 Å². The van der Waals surface area contributed by atoms with Crippen LogP contribution in [0.5, 0.6) is 0 Å². The third-order valence-electron chi connectivity index (χ3n) is 11.5. The summed E-state index contributed by atoms with van der Waals surface area (Å²) in [5.41, 5.74) is 18.0. The maximum absolute atomic E-state index is 6.45. The molecule has 6 nitrogen and oxygen atoms in total. The van der Waals surface area contributed by atoms with Crippen LogP contribution in [0.3, 0.4) is 0 Å². The fourth-order valence-electron chi connectivity index (χ4n) is 8.98. The lowest BCUT2D eigenvalue weighted by atomic mass is 10.0. The smallest absolute Gasteiger partial charge is 0.174 e. The maximum atomic E-state index is 6.45. The highest BCUT2D eigenvalue weighted by Crippen LogP contribution is 2.45. The van der Waals surface area contributed by atoms with Crippen molar-refractivity contribution in [3.8, 4) is 22.9 Å². The average molecular weight is 766 g/mol. The van der Waals surface area contributed by atoms with Gasteiger partial charge in [-0.2, -0.15) is 0 Å². The summed E-state index contributed by atoms with van der Waals surface area (Å²) in [7, 11) is -4.31. The lowest BCUT2D eigenvalue weighted by Crippen LogP contribution is -2.43. The molecule has 5 aromatic rings. The molecular formula is C42H50Cl2N6Si2. The molecule has 0 amide bonds. The van der Waals surface area contributed by atoms with Gasteiger partial charge in [0.25, 0.3) is 0 Å². The van der Waals surface area contributed by atoms with E-state index in [9.17, 15) is 0 Å². The molecule has 1 aliphatic rings. The second-order valence-electron chi connectivity index (χ2n) is 16.1. The number of nitrogens with zero attached hydrogens (tertiary/aromatic N) is 4. The number of para-hydroxylation sites is 2. The highest BCUT2D eigenvalue weighted by atomic mass is 35.5. The number of rotatable bonds is 6. The number of anilines is 4. The maximum Gasteiger partial charge on any atom is 0.174 e. The summed E-state index contributed by atoms with van der Waals surface area (Å²) in [5, 5.41) is 7.85. The number of hydrogen-bond donors (Lipinski definition) is 2. The number of halogens is 2. The summed E-state index contributed by atoms with van der Waals surface area (Å²) >= 11 is 12.9. The van der Waals surface area contributed by atoms with Crippen LogP contribution in [-0.2, 0) is 0 Å². The average Bonchev–Trinajstić information content (AvgIpc) is 3.06. The Kier molecular flexibility index (Phi) is 10.5. The van der Waals surface area contributed by atoms with Gasteiger partial charge in [0.05, 0.1) is 43.6 Å². The van der Waals surface area contributed by atoms with Gasteiger partial charge in [0.1, 0.15) is 38.2 Å². The second-order valence-corrected chi connectivity index (χ2v) is 28.1. The zero-order valence-electron chi connectivity index (χ0n) is 32.5. The van der Waals surface area contributed by atoms with Crippen LogP contribution >= 0.6 is 23.2 Å². The van der Waals surface area contributed by atoms with Gasteiger partial charge in [-0.25, -0.2) is 19.9 Å². The molecule has 0 saturated carbocycles. The Balaban J connectivity index is 1.80. The van der Waals surface area contributed by atoms with E-state index in [0.717, 1.165) is 33.5 Å². The molecule has 0 unspecified atom stereocenters. The highest BCUT2D eigenvalue weighted by molar-refractivity contribution is 6.91. The van der Waals surface area contributed by atoms with E-state index in [4.69, 9.17) is 43.1 Å². The first-order chi connectivity index (χ1) is 24.5. The van der Waals surface area contributed by atoms with Crippen LogP contribution in [0.4, 0.5) is 23.0 Å². The van der Waals surface area contributed by atoms with Crippen molar-refractivity contribution < 1.29 is 0 Å². The van der Waals surface area contributed by atoms with Gasteiger partial charge in [0.2, 0.25) is 0 Å². The van der Waals surface area contributed by atoms with Gasteiger partial charge in [-0.3, -0.25) is 0 Å². The third-order valence-corrected chi connectivity index (χ3v) is 24.8. The van der Waals surface area contributed by atoms with Gasteiger partial charge in [-0.15, -0.1) is 11.1 Å². The first kappa shape index (κ1) is 38.1. The van der Waals surface area contributed by atoms with Crippen LogP contribution in [0.2, 0.25) is 43.3 Å². The number of benzene rings is 3. The van der Waals surface area contributed by atoms with Crippen LogP contribution in [0, 0.1) is 22.9 Å². The first-order valence-electron chi connectivity index (χ1n) is 18.6. The minimum Gasteiger partial charge on any atom is -0.335 e. The van der Waals surface area contributed by atoms with Gasteiger partial charge in [-0.1, -0.05) is 130 Å². The molecule has 10 heteroatoms. The summed E-state index contributed by atoms with van der Waals surface area (Å²) in [6.07, 6.45) is 0. The van der Waals surface area contributed by atoms with Gasteiger partial charge in [0, 0.05) is 0 Å². The zero-order valence-corrected chi connectivity index (χ0v) is 36.0. The molecule has 2 aromatic heterocycles. The fourth-order valence-corrected chi connectivity index (χ4v) is 19.7. The van der Waals surface area contributed by atoms with E-state index in [1.807, 2.05) is 24.3 Å². The molecule has 3 aromatic carbocycles. The van der Waals surface area contributed by atoms with E-state index in [0.29, 0.717) is 77.0 Å². The van der Waals surface area contributed by atoms with Gasteiger partial charge in [0.15, 0.2) is 11.6 Å². The quantitative estimate of drug-likeness (QED) is 0.0999. The van der Waals surface area contributed by atoms with E-state index in [1.165, 1.54) is 0 Å². The molecule has 0 saturated heterocycles. The Morgan fingerprint density at radius 2 is 0.808 bits per heavy atom. The minimum atomic E-state index is -2.15. The summed E-state index contributed by atoms with van der Waals surface area (Å²) in [6, 6.07) is 11.6. The molecule has 0 radical (unpaired) electrons. The molecule has 52 heavy (non-hydrogen) atoms. The van der Waals surface area contributed by atoms with Crippen molar-refractivity contribution >= 4 is 95.5 Å². The number of nitrogens with one attached hydrogen (secondary N) is 2. The van der Waals surface area contributed by atoms with E-state index < -0.39 is 16.1 Å². The summed E-state index contributed by atoms with van der Waals surface area (Å²) in [6.45, 7) is 28.0. The van der Waals surface area contributed by atoms with Crippen molar-refractivity contribution in [3.63, 3.8) is 0 Å². The van der Waals surface area contributed by atoms with E-state index in [2.05, 4.69) is 117 Å². The fraction of sp³-hybridized carbons (Fsp3) is 0.429. The SMILES string of the molecule is CC(C)[Si](C#Cc1c2nc3c(nc2c(C#C[Si](C(C)C)(C(C)C)C(C)C)c2nc4ccccc4nc12)Nc1cc(Cl)c(Cl)cc1N3)(C(C)C)C(C)C. The van der Waals surface area contributed by atoms with Gasteiger partial charge >= 0.3 is 0 Å². The molecule has 0 aliphatic carbocycles. The number of aromatic nitrogens is 4. The summed E-state index contributed by atoms with van der Waals surface area (Å²) in [5.74, 6) is 8.66. The van der Waals surface area contributed by atoms with Crippen molar-refractivity contribution in [3.05, 3.63) is 57.6 Å². The molecule has 6 rings (SSSR count). The third kappa shape index (κ3) is 6.26. The Morgan fingerprint density at radius 3 is 1.12 bits per heavy atom. The highest BCUT2D eigenvalue weighted by Gasteiger charge is 2.43. The van der Waals surface area contributed by atoms with Crippen LogP contribution < -0.4 is 10.6 Å².